The molecule has 1 heterocycles. The third-order valence-corrected chi connectivity index (χ3v) is 5.16. The monoisotopic (exact) mass is 282 g/mol. The lowest BCUT2D eigenvalue weighted by Gasteiger charge is -2.39. The van der Waals surface area contributed by atoms with Crippen LogP contribution in [0.15, 0.2) is 0 Å². The quantitative estimate of drug-likeness (QED) is 0.777. The third kappa shape index (κ3) is 4.44. The van der Waals surface area contributed by atoms with E-state index in [1.165, 1.54) is 51.6 Å². The molecule has 4 unspecified atom stereocenters. The molecule has 1 saturated heterocycles. The summed E-state index contributed by atoms with van der Waals surface area (Å²) in [7, 11) is 0. The fourth-order valence-electron chi connectivity index (χ4n) is 3.88. The van der Waals surface area contributed by atoms with Crippen molar-refractivity contribution < 1.29 is 4.74 Å². The molecule has 0 radical (unpaired) electrons. The molecular formula is C17H34N2O. The Labute approximate surface area is 125 Å². The zero-order valence-corrected chi connectivity index (χ0v) is 13.7. The van der Waals surface area contributed by atoms with E-state index in [9.17, 15) is 0 Å². The highest BCUT2D eigenvalue weighted by molar-refractivity contribution is 4.85. The number of nitrogens with zero attached hydrogens (tertiary/aromatic N) is 1. The van der Waals surface area contributed by atoms with Crippen molar-refractivity contribution in [2.24, 2.45) is 5.92 Å². The predicted molar refractivity (Wildman–Crippen MR) is 85.1 cm³/mol. The molecule has 118 valence electrons. The number of rotatable bonds is 7. The summed E-state index contributed by atoms with van der Waals surface area (Å²) in [5.41, 5.74) is 0. The van der Waals surface area contributed by atoms with Crippen molar-refractivity contribution in [3.8, 4) is 0 Å². The number of hydrogen-bond donors (Lipinski definition) is 1. The molecule has 4 atom stereocenters. The molecule has 2 aliphatic rings. The van der Waals surface area contributed by atoms with Gasteiger partial charge in [0.2, 0.25) is 0 Å². The van der Waals surface area contributed by atoms with Crippen molar-refractivity contribution in [2.45, 2.75) is 77.5 Å². The molecule has 1 aliphatic heterocycles. The molecule has 0 aromatic rings. The lowest BCUT2D eigenvalue weighted by atomic mass is 9.98. The molecule has 1 aliphatic carbocycles. The van der Waals surface area contributed by atoms with Gasteiger partial charge in [0.15, 0.2) is 0 Å². The summed E-state index contributed by atoms with van der Waals surface area (Å²) in [6.07, 6.45) is 8.49. The average molecular weight is 282 g/mol. The number of morpholine rings is 1. The van der Waals surface area contributed by atoms with Gasteiger partial charge in [0.05, 0.1) is 12.7 Å². The van der Waals surface area contributed by atoms with Crippen molar-refractivity contribution in [3.63, 3.8) is 0 Å². The van der Waals surface area contributed by atoms with Crippen LogP contribution in [-0.4, -0.2) is 49.3 Å². The first-order valence-corrected chi connectivity index (χ1v) is 8.83. The molecule has 2 rings (SSSR count). The molecule has 2 fully saturated rings. The summed E-state index contributed by atoms with van der Waals surface area (Å²) in [5.74, 6) is 0.900. The molecule has 1 saturated carbocycles. The van der Waals surface area contributed by atoms with E-state index in [1.54, 1.807) is 0 Å². The Kier molecular flexibility index (Phi) is 6.79. The second kappa shape index (κ2) is 8.35. The minimum atomic E-state index is 0.412. The summed E-state index contributed by atoms with van der Waals surface area (Å²) in [6.45, 7) is 11.3. The number of ether oxygens (including phenoxy) is 1. The number of nitrogens with one attached hydrogen (secondary N) is 1. The second-order valence-electron chi connectivity index (χ2n) is 6.74. The second-order valence-corrected chi connectivity index (χ2v) is 6.74. The van der Waals surface area contributed by atoms with Gasteiger partial charge >= 0.3 is 0 Å². The fourth-order valence-corrected chi connectivity index (χ4v) is 3.88. The summed E-state index contributed by atoms with van der Waals surface area (Å²) in [5, 5.41) is 3.76. The standard InChI is InChI=1S/C17H34N2O/c1-4-10-18-17-8-6-7-15(17)9-11-19-12-14(3)20-13-16(19)5-2/h14-18H,4-13H2,1-3H3. The van der Waals surface area contributed by atoms with Gasteiger partial charge in [-0.3, -0.25) is 4.90 Å². The van der Waals surface area contributed by atoms with Crippen molar-refractivity contribution in [2.75, 3.05) is 26.2 Å². The highest BCUT2D eigenvalue weighted by atomic mass is 16.5. The first kappa shape index (κ1) is 16.3. The Hall–Kier alpha value is -0.120. The summed E-state index contributed by atoms with van der Waals surface area (Å²) in [6, 6.07) is 1.43. The number of hydrogen-bond acceptors (Lipinski definition) is 3. The van der Waals surface area contributed by atoms with Crippen LogP contribution in [0.1, 0.15) is 59.3 Å². The minimum absolute atomic E-state index is 0.412. The molecular weight excluding hydrogens is 248 g/mol. The predicted octanol–water partition coefficient (Wildman–Crippen LogP) is 3.04. The van der Waals surface area contributed by atoms with E-state index < -0.39 is 0 Å². The SMILES string of the molecule is CCCNC1CCCC1CCN1CC(C)OCC1CC. The molecule has 0 amide bonds. The Morgan fingerprint density at radius 2 is 2.10 bits per heavy atom. The van der Waals surface area contributed by atoms with Crippen molar-refractivity contribution in [3.05, 3.63) is 0 Å². The zero-order chi connectivity index (χ0) is 14.4. The van der Waals surface area contributed by atoms with Gasteiger partial charge in [0.1, 0.15) is 0 Å². The van der Waals surface area contributed by atoms with E-state index in [-0.39, 0.29) is 0 Å². The van der Waals surface area contributed by atoms with Crippen LogP contribution in [0.2, 0.25) is 0 Å². The van der Waals surface area contributed by atoms with E-state index in [0.717, 1.165) is 25.1 Å². The van der Waals surface area contributed by atoms with E-state index in [4.69, 9.17) is 4.74 Å². The summed E-state index contributed by atoms with van der Waals surface area (Å²) >= 11 is 0. The topological polar surface area (TPSA) is 24.5 Å². The average Bonchev–Trinajstić information content (AvgIpc) is 2.90. The largest absolute Gasteiger partial charge is 0.376 e. The van der Waals surface area contributed by atoms with Gasteiger partial charge < -0.3 is 10.1 Å². The van der Waals surface area contributed by atoms with E-state index in [0.29, 0.717) is 12.1 Å². The maximum Gasteiger partial charge on any atom is 0.0674 e. The minimum Gasteiger partial charge on any atom is -0.376 e. The normalized spacial score (nSPS) is 35.5. The molecule has 3 nitrogen and oxygen atoms in total. The lowest BCUT2D eigenvalue weighted by molar-refractivity contribution is -0.0573. The van der Waals surface area contributed by atoms with Crippen LogP contribution in [0.5, 0.6) is 0 Å². The van der Waals surface area contributed by atoms with Gasteiger partial charge in [-0.1, -0.05) is 20.3 Å². The maximum absolute atomic E-state index is 5.80. The van der Waals surface area contributed by atoms with Gasteiger partial charge in [-0.15, -0.1) is 0 Å². The zero-order valence-electron chi connectivity index (χ0n) is 13.7. The van der Waals surface area contributed by atoms with Crippen LogP contribution in [0.25, 0.3) is 0 Å². The highest BCUT2D eigenvalue weighted by Crippen LogP contribution is 2.29. The van der Waals surface area contributed by atoms with E-state index >= 15 is 0 Å². The molecule has 20 heavy (non-hydrogen) atoms. The first-order valence-electron chi connectivity index (χ1n) is 8.83. The molecule has 0 aromatic carbocycles. The van der Waals surface area contributed by atoms with Gasteiger partial charge in [-0.05, 0) is 58.0 Å². The summed E-state index contributed by atoms with van der Waals surface area (Å²) < 4.78 is 5.80. The lowest BCUT2D eigenvalue weighted by Crippen LogP contribution is -2.49. The van der Waals surface area contributed by atoms with Crippen LogP contribution < -0.4 is 5.32 Å². The van der Waals surface area contributed by atoms with E-state index in [2.05, 4.69) is 31.0 Å². The van der Waals surface area contributed by atoms with Crippen LogP contribution in [-0.2, 0) is 4.74 Å². The van der Waals surface area contributed by atoms with Crippen LogP contribution >= 0.6 is 0 Å². The van der Waals surface area contributed by atoms with E-state index in [1.807, 2.05) is 0 Å². The molecule has 0 aromatic heterocycles. The fraction of sp³-hybridized carbons (Fsp3) is 1.00. The van der Waals surface area contributed by atoms with Gasteiger partial charge in [-0.25, -0.2) is 0 Å². The Morgan fingerprint density at radius 3 is 2.85 bits per heavy atom. The Balaban J connectivity index is 1.77. The highest BCUT2D eigenvalue weighted by Gasteiger charge is 2.29. The smallest absolute Gasteiger partial charge is 0.0674 e. The molecule has 1 N–H and O–H groups in total. The Bertz CT molecular complexity index is 272. The third-order valence-electron chi connectivity index (χ3n) is 5.16. The van der Waals surface area contributed by atoms with Gasteiger partial charge in [-0.2, -0.15) is 0 Å². The van der Waals surface area contributed by atoms with Crippen LogP contribution in [0.3, 0.4) is 0 Å². The molecule has 3 heteroatoms. The van der Waals surface area contributed by atoms with Crippen molar-refractivity contribution in [1.82, 2.24) is 10.2 Å². The maximum atomic E-state index is 5.80. The van der Waals surface area contributed by atoms with Gasteiger partial charge in [0.25, 0.3) is 0 Å². The van der Waals surface area contributed by atoms with Crippen LogP contribution in [0, 0.1) is 5.92 Å². The van der Waals surface area contributed by atoms with Crippen LogP contribution in [0.4, 0.5) is 0 Å². The molecule has 0 spiro atoms. The van der Waals surface area contributed by atoms with Crippen molar-refractivity contribution >= 4 is 0 Å². The van der Waals surface area contributed by atoms with Gasteiger partial charge in [0, 0.05) is 18.6 Å². The first-order chi connectivity index (χ1) is 9.74. The summed E-state index contributed by atoms with van der Waals surface area (Å²) in [4.78, 5) is 2.68. The molecule has 0 bridgehead atoms. The van der Waals surface area contributed by atoms with Crippen molar-refractivity contribution in [1.29, 1.82) is 0 Å². The Morgan fingerprint density at radius 1 is 1.25 bits per heavy atom.